The summed E-state index contributed by atoms with van der Waals surface area (Å²) in [5, 5.41) is 6.65. The standard InChI is InChI=1S/C22H26BrN7O2/c1-22(2,3)32-21(31)30-9-5-8-16(12-30)28-20-24-11-17-18(29-20)19(26-13-25-17)27-15-7-4-6-14(23)10-15/h4,6-7,10-11,13,16H,5,8-9,12H2,1-3H3,(H,24,28,29)(H,25,26,27). The molecular formula is C22H26BrN7O2. The van der Waals surface area contributed by atoms with Crippen molar-refractivity contribution < 1.29 is 9.53 Å². The minimum atomic E-state index is -0.517. The van der Waals surface area contributed by atoms with Gasteiger partial charge < -0.3 is 20.3 Å². The third-order valence-electron chi connectivity index (χ3n) is 4.87. The molecule has 1 aromatic carbocycles. The molecule has 0 radical (unpaired) electrons. The maximum Gasteiger partial charge on any atom is 0.410 e. The van der Waals surface area contributed by atoms with Gasteiger partial charge in [-0.2, -0.15) is 0 Å². The fraction of sp³-hybridized carbons (Fsp3) is 0.409. The van der Waals surface area contributed by atoms with Crippen molar-refractivity contribution in [1.29, 1.82) is 0 Å². The van der Waals surface area contributed by atoms with Crippen LogP contribution in [0.1, 0.15) is 33.6 Å². The number of nitrogens with one attached hydrogen (secondary N) is 2. The number of likely N-dealkylation sites (tertiary alicyclic amines) is 1. The number of amides is 1. The molecule has 1 aliphatic heterocycles. The highest BCUT2D eigenvalue weighted by Gasteiger charge is 2.28. The van der Waals surface area contributed by atoms with Crippen molar-refractivity contribution in [2.24, 2.45) is 0 Å². The van der Waals surface area contributed by atoms with Crippen LogP contribution in [0.3, 0.4) is 0 Å². The Balaban J connectivity index is 1.50. The van der Waals surface area contributed by atoms with Crippen LogP contribution in [0, 0.1) is 0 Å². The average molecular weight is 500 g/mol. The molecule has 3 heterocycles. The number of fused-ring (bicyclic) bond motifs is 1. The molecule has 1 aliphatic rings. The van der Waals surface area contributed by atoms with Gasteiger partial charge in [0, 0.05) is 29.3 Å². The summed E-state index contributed by atoms with van der Waals surface area (Å²) in [7, 11) is 0. The van der Waals surface area contributed by atoms with E-state index in [0.29, 0.717) is 35.9 Å². The zero-order valence-corrected chi connectivity index (χ0v) is 19.9. The van der Waals surface area contributed by atoms with Gasteiger partial charge in [-0.15, -0.1) is 0 Å². The average Bonchev–Trinajstić information content (AvgIpc) is 2.73. The molecule has 1 saturated heterocycles. The molecule has 2 N–H and O–H groups in total. The van der Waals surface area contributed by atoms with Gasteiger partial charge in [-0.1, -0.05) is 22.0 Å². The highest BCUT2D eigenvalue weighted by molar-refractivity contribution is 9.10. The predicted molar refractivity (Wildman–Crippen MR) is 127 cm³/mol. The summed E-state index contributed by atoms with van der Waals surface area (Å²) in [5.41, 5.74) is 1.62. The maximum absolute atomic E-state index is 12.4. The number of nitrogens with zero attached hydrogens (tertiary/aromatic N) is 5. The molecule has 0 aliphatic carbocycles. The number of hydrogen-bond donors (Lipinski definition) is 2. The molecule has 168 valence electrons. The molecule has 1 unspecified atom stereocenters. The number of carbonyl (C=O) groups is 1. The lowest BCUT2D eigenvalue weighted by Crippen LogP contribution is -2.47. The molecule has 0 bridgehead atoms. The fourth-order valence-corrected chi connectivity index (χ4v) is 3.89. The van der Waals surface area contributed by atoms with Crippen LogP contribution in [0.4, 0.5) is 22.2 Å². The third kappa shape index (κ3) is 5.61. The first-order chi connectivity index (χ1) is 15.3. The van der Waals surface area contributed by atoms with Crippen molar-refractivity contribution in [2.75, 3.05) is 23.7 Å². The second kappa shape index (κ2) is 9.23. The first-order valence-corrected chi connectivity index (χ1v) is 11.3. The summed E-state index contributed by atoms with van der Waals surface area (Å²) in [6.45, 7) is 6.82. The molecule has 1 atom stereocenters. The number of ether oxygens (including phenoxy) is 1. The van der Waals surface area contributed by atoms with Crippen molar-refractivity contribution in [3.05, 3.63) is 41.3 Å². The van der Waals surface area contributed by atoms with E-state index in [1.54, 1.807) is 11.1 Å². The first kappa shape index (κ1) is 22.2. The lowest BCUT2D eigenvalue weighted by Gasteiger charge is -2.34. The Morgan fingerprint density at radius 2 is 2.09 bits per heavy atom. The molecule has 10 heteroatoms. The third-order valence-corrected chi connectivity index (χ3v) is 5.36. The van der Waals surface area contributed by atoms with E-state index in [2.05, 4.69) is 46.5 Å². The van der Waals surface area contributed by atoms with Gasteiger partial charge >= 0.3 is 6.09 Å². The van der Waals surface area contributed by atoms with Crippen molar-refractivity contribution in [2.45, 2.75) is 45.3 Å². The molecular weight excluding hydrogens is 474 g/mol. The van der Waals surface area contributed by atoms with E-state index >= 15 is 0 Å². The molecule has 0 saturated carbocycles. The van der Waals surface area contributed by atoms with Crippen LogP contribution >= 0.6 is 15.9 Å². The minimum absolute atomic E-state index is 0.0276. The molecule has 9 nitrogen and oxygen atoms in total. The van der Waals surface area contributed by atoms with E-state index in [4.69, 9.17) is 4.74 Å². The van der Waals surface area contributed by atoms with E-state index in [0.717, 1.165) is 23.0 Å². The van der Waals surface area contributed by atoms with E-state index in [1.807, 2.05) is 45.0 Å². The molecule has 32 heavy (non-hydrogen) atoms. The Morgan fingerprint density at radius 3 is 2.88 bits per heavy atom. The number of aromatic nitrogens is 4. The van der Waals surface area contributed by atoms with Crippen LogP contribution in [0.5, 0.6) is 0 Å². The van der Waals surface area contributed by atoms with E-state index in [-0.39, 0.29) is 12.1 Å². The molecule has 4 rings (SSSR count). The predicted octanol–water partition coefficient (Wildman–Crippen LogP) is 4.74. The summed E-state index contributed by atoms with van der Waals surface area (Å²) in [6, 6.07) is 7.84. The van der Waals surface area contributed by atoms with Crippen molar-refractivity contribution in [3.8, 4) is 0 Å². The van der Waals surface area contributed by atoms with Gasteiger partial charge in [0.2, 0.25) is 5.95 Å². The zero-order chi connectivity index (χ0) is 22.7. The first-order valence-electron chi connectivity index (χ1n) is 10.5. The SMILES string of the molecule is CC(C)(C)OC(=O)N1CCCC(Nc2ncc3ncnc(Nc4cccc(Br)c4)c3n2)C1. The fourth-order valence-electron chi connectivity index (χ4n) is 3.49. The highest BCUT2D eigenvalue weighted by atomic mass is 79.9. The number of halogens is 1. The van der Waals surface area contributed by atoms with Crippen molar-refractivity contribution >= 4 is 50.5 Å². The summed E-state index contributed by atoms with van der Waals surface area (Å²) >= 11 is 3.48. The summed E-state index contributed by atoms with van der Waals surface area (Å²) in [5.74, 6) is 1.07. The van der Waals surface area contributed by atoms with Crippen LogP contribution in [0.2, 0.25) is 0 Å². The minimum Gasteiger partial charge on any atom is -0.444 e. The lowest BCUT2D eigenvalue weighted by molar-refractivity contribution is 0.0206. The maximum atomic E-state index is 12.4. The van der Waals surface area contributed by atoms with Crippen molar-refractivity contribution in [3.63, 3.8) is 0 Å². The Labute approximate surface area is 195 Å². The Bertz CT molecular complexity index is 1120. The molecule has 0 spiro atoms. The number of rotatable bonds is 4. The van der Waals surface area contributed by atoms with Gasteiger partial charge in [0.25, 0.3) is 0 Å². The topological polar surface area (TPSA) is 105 Å². The van der Waals surface area contributed by atoms with Gasteiger partial charge in [-0.25, -0.2) is 24.7 Å². The smallest absolute Gasteiger partial charge is 0.410 e. The Morgan fingerprint density at radius 1 is 1.25 bits per heavy atom. The number of benzene rings is 1. The summed E-state index contributed by atoms with van der Waals surface area (Å²) in [4.78, 5) is 31.9. The van der Waals surface area contributed by atoms with Crippen LogP contribution in [-0.4, -0.2) is 55.7 Å². The van der Waals surface area contributed by atoms with Crippen LogP contribution < -0.4 is 10.6 Å². The van der Waals surface area contributed by atoms with Gasteiger partial charge in [0.1, 0.15) is 23.0 Å². The van der Waals surface area contributed by atoms with Crippen LogP contribution in [0.25, 0.3) is 11.0 Å². The van der Waals surface area contributed by atoms with E-state index < -0.39 is 5.60 Å². The van der Waals surface area contributed by atoms with Gasteiger partial charge in [0.15, 0.2) is 5.82 Å². The quantitative estimate of drug-likeness (QED) is 0.530. The van der Waals surface area contributed by atoms with Crippen LogP contribution in [-0.2, 0) is 4.74 Å². The monoisotopic (exact) mass is 499 g/mol. The van der Waals surface area contributed by atoms with E-state index in [9.17, 15) is 4.79 Å². The molecule has 1 amide bonds. The lowest BCUT2D eigenvalue weighted by atomic mass is 10.1. The Hall–Kier alpha value is -3.01. The van der Waals surface area contributed by atoms with Gasteiger partial charge in [0.05, 0.1) is 6.20 Å². The highest BCUT2D eigenvalue weighted by Crippen LogP contribution is 2.24. The van der Waals surface area contributed by atoms with Crippen LogP contribution in [0.15, 0.2) is 41.3 Å². The molecule has 3 aromatic rings. The summed E-state index contributed by atoms with van der Waals surface area (Å²) in [6.07, 6.45) is 4.65. The normalized spacial score (nSPS) is 16.6. The largest absolute Gasteiger partial charge is 0.444 e. The van der Waals surface area contributed by atoms with Gasteiger partial charge in [-0.3, -0.25) is 0 Å². The van der Waals surface area contributed by atoms with Gasteiger partial charge in [-0.05, 0) is 51.8 Å². The number of anilines is 3. The molecule has 1 fully saturated rings. The Kier molecular flexibility index (Phi) is 6.40. The second-order valence-corrected chi connectivity index (χ2v) is 9.61. The zero-order valence-electron chi connectivity index (χ0n) is 18.3. The van der Waals surface area contributed by atoms with Crippen molar-refractivity contribution in [1.82, 2.24) is 24.8 Å². The van der Waals surface area contributed by atoms with E-state index in [1.165, 1.54) is 6.33 Å². The summed E-state index contributed by atoms with van der Waals surface area (Å²) < 4.78 is 6.48. The number of carbonyl (C=O) groups excluding carboxylic acids is 1. The number of hydrogen-bond acceptors (Lipinski definition) is 8. The molecule has 2 aromatic heterocycles. The second-order valence-electron chi connectivity index (χ2n) is 8.69. The number of piperidine rings is 1.